The van der Waals surface area contributed by atoms with Gasteiger partial charge in [0.25, 0.3) is 0 Å². The topological polar surface area (TPSA) is 62.2 Å². The number of thiazole rings is 1. The summed E-state index contributed by atoms with van der Waals surface area (Å²) in [6.07, 6.45) is 0. The van der Waals surface area contributed by atoms with Gasteiger partial charge in [-0.25, -0.2) is 4.98 Å². The fraction of sp³-hybridized carbons (Fsp3) is 0.500. The molecule has 2 atom stereocenters. The summed E-state index contributed by atoms with van der Waals surface area (Å²) in [5.74, 6) is -1.08. The van der Waals surface area contributed by atoms with Crippen molar-refractivity contribution in [3.8, 4) is 0 Å². The van der Waals surface area contributed by atoms with Crippen molar-refractivity contribution < 1.29 is 9.90 Å². The average molecular weight is 277 g/mol. The molecule has 1 saturated heterocycles. The van der Waals surface area contributed by atoms with Gasteiger partial charge in [0, 0.05) is 24.4 Å². The second-order valence-electron chi connectivity index (χ2n) is 3.23. The zero-order chi connectivity index (χ0) is 10.1. The van der Waals surface area contributed by atoms with E-state index in [1.54, 1.807) is 0 Å². The first kappa shape index (κ1) is 10.1. The number of aromatic nitrogens is 1. The van der Waals surface area contributed by atoms with E-state index in [9.17, 15) is 4.79 Å². The van der Waals surface area contributed by atoms with Crippen LogP contribution in [0, 0.1) is 5.92 Å². The Balaban J connectivity index is 2.21. The third kappa shape index (κ3) is 1.82. The van der Waals surface area contributed by atoms with Crippen LogP contribution in [0.4, 0.5) is 0 Å². The largest absolute Gasteiger partial charge is 0.481 e. The van der Waals surface area contributed by atoms with E-state index in [2.05, 4.69) is 26.2 Å². The number of hydrogen-bond donors (Lipinski definition) is 2. The second kappa shape index (κ2) is 3.96. The molecule has 1 aliphatic heterocycles. The molecular weight excluding hydrogens is 268 g/mol. The van der Waals surface area contributed by atoms with Crippen molar-refractivity contribution >= 4 is 33.2 Å². The predicted octanol–water partition coefficient (Wildman–Crippen LogP) is 1.29. The Bertz CT molecular complexity index is 355. The predicted molar refractivity (Wildman–Crippen MR) is 56.6 cm³/mol. The molecule has 1 aromatic rings. The maximum absolute atomic E-state index is 10.9. The molecule has 1 aliphatic rings. The number of aliphatic carboxylic acids is 1. The summed E-state index contributed by atoms with van der Waals surface area (Å²) in [5, 5.41) is 14.0. The highest BCUT2D eigenvalue weighted by atomic mass is 79.9. The molecule has 4 nitrogen and oxygen atoms in total. The minimum atomic E-state index is -0.746. The van der Waals surface area contributed by atoms with E-state index in [-0.39, 0.29) is 11.8 Å². The van der Waals surface area contributed by atoms with Gasteiger partial charge in [-0.3, -0.25) is 4.79 Å². The van der Waals surface area contributed by atoms with E-state index in [0.29, 0.717) is 13.1 Å². The van der Waals surface area contributed by atoms with Crippen molar-refractivity contribution in [1.29, 1.82) is 0 Å². The molecule has 0 amide bonds. The molecule has 2 unspecified atom stereocenters. The highest BCUT2D eigenvalue weighted by molar-refractivity contribution is 9.11. The van der Waals surface area contributed by atoms with Crippen LogP contribution in [0.15, 0.2) is 9.30 Å². The molecule has 2 heterocycles. The number of carboxylic acid groups (broad SMARTS) is 1. The molecule has 2 N–H and O–H groups in total. The highest BCUT2D eigenvalue weighted by Gasteiger charge is 2.35. The lowest BCUT2D eigenvalue weighted by Gasteiger charge is -2.11. The van der Waals surface area contributed by atoms with Gasteiger partial charge in [-0.05, 0) is 15.9 Å². The highest BCUT2D eigenvalue weighted by Crippen LogP contribution is 2.30. The number of carbonyl (C=O) groups is 1. The average Bonchev–Trinajstić information content (AvgIpc) is 2.70. The lowest BCUT2D eigenvalue weighted by Crippen LogP contribution is -2.21. The molecule has 76 valence electrons. The Labute approximate surface area is 93.5 Å². The van der Waals surface area contributed by atoms with E-state index in [0.717, 1.165) is 9.61 Å². The molecule has 0 aliphatic carbocycles. The molecule has 0 aromatic carbocycles. The summed E-state index contributed by atoms with van der Waals surface area (Å²) in [4.78, 5) is 15.2. The Hall–Kier alpha value is -0.460. The molecule has 6 heteroatoms. The van der Waals surface area contributed by atoms with E-state index in [4.69, 9.17) is 5.11 Å². The minimum Gasteiger partial charge on any atom is -0.481 e. The van der Waals surface area contributed by atoms with E-state index in [1.165, 1.54) is 11.3 Å². The van der Waals surface area contributed by atoms with Crippen LogP contribution in [0.1, 0.15) is 11.6 Å². The molecule has 2 rings (SSSR count). The molecular formula is C8H9BrN2O2S. The SMILES string of the molecule is O=C(O)C1CNCC1c1csc(Br)n1. The van der Waals surface area contributed by atoms with Gasteiger partial charge in [0.1, 0.15) is 0 Å². The van der Waals surface area contributed by atoms with Crippen molar-refractivity contribution in [2.45, 2.75) is 5.92 Å². The molecule has 14 heavy (non-hydrogen) atoms. The van der Waals surface area contributed by atoms with Crippen molar-refractivity contribution in [2.75, 3.05) is 13.1 Å². The number of carboxylic acids is 1. The summed E-state index contributed by atoms with van der Waals surface area (Å²) in [7, 11) is 0. The van der Waals surface area contributed by atoms with Crippen LogP contribution in [0.25, 0.3) is 0 Å². The van der Waals surface area contributed by atoms with E-state index < -0.39 is 5.97 Å². The van der Waals surface area contributed by atoms with Crippen LogP contribution in [-0.4, -0.2) is 29.1 Å². The smallest absolute Gasteiger partial charge is 0.308 e. The lowest BCUT2D eigenvalue weighted by atomic mass is 9.94. The fourth-order valence-electron chi connectivity index (χ4n) is 1.68. The number of nitrogens with one attached hydrogen (secondary N) is 1. The summed E-state index contributed by atoms with van der Waals surface area (Å²) in [6.45, 7) is 1.24. The maximum atomic E-state index is 10.9. The molecule has 0 saturated carbocycles. The van der Waals surface area contributed by atoms with Gasteiger partial charge < -0.3 is 10.4 Å². The van der Waals surface area contributed by atoms with Gasteiger partial charge >= 0.3 is 5.97 Å². The monoisotopic (exact) mass is 276 g/mol. The van der Waals surface area contributed by atoms with Gasteiger partial charge in [0.2, 0.25) is 0 Å². The normalized spacial score (nSPS) is 26.6. The molecule has 0 radical (unpaired) electrons. The third-order valence-corrected chi connectivity index (χ3v) is 3.79. The third-order valence-electron chi connectivity index (χ3n) is 2.41. The standard InChI is InChI=1S/C8H9BrN2O2S/c9-8-11-6(3-14-8)4-1-10-2-5(4)7(12)13/h3-5,10H,1-2H2,(H,12,13). The van der Waals surface area contributed by atoms with Crippen molar-refractivity contribution in [1.82, 2.24) is 10.3 Å². The number of nitrogens with zero attached hydrogens (tertiary/aromatic N) is 1. The van der Waals surface area contributed by atoms with Crippen LogP contribution in [0.3, 0.4) is 0 Å². The van der Waals surface area contributed by atoms with E-state index in [1.807, 2.05) is 5.38 Å². The first-order valence-corrected chi connectivity index (χ1v) is 5.90. The van der Waals surface area contributed by atoms with Crippen molar-refractivity contribution in [3.63, 3.8) is 0 Å². The zero-order valence-electron chi connectivity index (χ0n) is 7.24. The maximum Gasteiger partial charge on any atom is 0.308 e. The number of rotatable bonds is 2. The Morgan fingerprint density at radius 1 is 1.71 bits per heavy atom. The van der Waals surface area contributed by atoms with Gasteiger partial charge in [-0.15, -0.1) is 11.3 Å². The summed E-state index contributed by atoms with van der Waals surface area (Å²) in [5.41, 5.74) is 0.874. The Morgan fingerprint density at radius 3 is 3.07 bits per heavy atom. The van der Waals surface area contributed by atoms with Crippen LogP contribution in [-0.2, 0) is 4.79 Å². The van der Waals surface area contributed by atoms with E-state index >= 15 is 0 Å². The van der Waals surface area contributed by atoms with Crippen molar-refractivity contribution in [2.24, 2.45) is 5.92 Å². The quantitative estimate of drug-likeness (QED) is 0.855. The summed E-state index contributed by atoms with van der Waals surface area (Å²) in [6, 6.07) is 0. The fourth-order valence-corrected chi connectivity index (χ4v) is 2.77. The first-order valence-electron chi connectivity index (χ1n) is 4.23. The van der Waals surface area contributed by atoms with Crippen LogP contribution in [0.2, 0.25) is 0 Å². The second-order valence-corrected chi connectivity index (χ2v) is 5.37. The Kier molecular flexibility index (Phi) is 2.85. The van der Waals surface area contributed by atoms with Gasteiger partial charge in [0.15, 0.2) is 3.92 Å². The number of halogens is 1. The summed E-state index contributed by atoms with van der Waals surface area (Å²) < 4.78 is 0.809. The molecule has 1 aromatic heterocycles. The molecule has 1 fully saturated rings. The minimum absolute atomic E-state index is 0.00931. The Morgan fingerprint density at radius 2 is 2.50 bits per heavy atom. The van der Waals surface area contributed by atoms with Gasteiger partial charge in [-0.1, -0.05) is 0 Å². The van der Waals surface area contributed by atoms with Crippen LogP contribution < -0.4 is 5.32 Å². The molecule has 0 spiro atoms. The van der Waals surface area contributed by atoms with Gasteiger partial charge in [0.05, 0.1) is 11.6 Å². The lowest BCUT2D eigenvalue weighted by molar-refractivity contribution is -0.141. The summed E-state index contributed by atoms with van der Waals surface area (Å²) >= 11 is 4.77. The van der Waals surface area contributed by atoms with Crippen molar-refractivity contribution in [3.05, 3.63) is 15.0 Å². The van der Waals surface area contributed by atoms with Gasteiger partial charge in [-0.2, -0.15) is 0 Å². The van der Waals surface area contributed by atoms with Crippen LogP contribution in [0.5, 0.6) is 0 Å². The number of hydrogen-bond acceptors (Lipinski definition) is 4. The first-order chi connectivity index (χ1) is 6.68. The van der Waals surface area contributed by atoms with Crippen LogP contribution >= 0.6 is 27.3 Å². The molecule has 0 bridgehead atoms. The zero-order valence-corrected chi connectivity index (χ0v) is 9.64.